The molecule has 0 aromatic heterocycles. The number of carbonyl (C=O) groups is 1. The monoisotopic (exact) mass is 242 g/mol. The molecular weight excluding hydrogens is 227 g/mol. The summed E-state index contributed by atoms with van der Waals surface area (Å²) in [5.41, 5.74) is 0.575. The highest BCUT2D eigenvalue weighted by Crippen LogP contribution is 2.27. The third-order valence-corrected chi connectivity index (χ3v) is 3.28. The molecule has 0 saturated carbocycles. The summed E-state index contributed by atoms with van der Waals surface area (Å²) in [7, 11) is 0. The van der Waals surface area contributed by atoms with Gasteiger partial charge in [0.1, 0.15) is 5.82 Å². The first-order chi connectivity index (χ1) is 7.29. The molecule has 0 amide bonds. The quantitative estimate of drug-likeness (QED) is 0.880. The number of carboxylic acids is 1. The fourth-order valence-corrected chi connectivity index (χ4v) is 1.91. The summed E-state index contributed by atoms with van der Waals surface area (Å²) < 4.78 is 13.2. The molecule has 4 heteroatoms. The maximum absolute atomic E-state index is 13.1. The van der Waals surface area contributed by atoms with Crippen LogP contribution in [0, 0.1) is 5.82 Å². The molecule has 1 aromatic rings. The number of aromatic carboxylic acids is 1. The lowest BCUT2D eigenvalue weighted by atomic mass is 10.1. The minimum absolute atomic E-state index is 0.109. The van der Waals surface area contributed by atoms with E-state index in [4.69, 9.17) is 5.11 Å². The first-order valence-electron chi connectivity index (χ1n) is 4.95. The van der Waals surface area contributed by atoms with Crippen LogP contribution in [0.3, 0.4) is 0 Å². The van der Waals surface area contributed by atoms with Crippen molar-refractivity contribution in [1.29, 1.82) is 0 Å². The van der Waals surface area contributed by atoms with Crippen molar-refractivity contribution in [3.05, 3.63) is 35.1 Å². The molecule has 0 bridgehead atoms. The largest absolute Gasteiger partial charge is 0.478 e. The maximum atomic E-state index is 13.1. The van der Waals surface area contributed by atoms with Crippen molar-refractivity contribution in [3.63, 3.8) is 0 Å². The number of benzene rings is 1. The summed E-state index contributed by atoms with van der Waals surface area (Å²) in [5.74, 6) is -1.22. The molecule has 0 aliphatic carbocycles. The van der Waals surface area contributed by atoms with E-state index in [1.165, 1.54) is 12.1 Å². The Morgan fingerprint density at radius 1 is 1.44 bits per heavy atom. The second-order valence-corrected chi connectivity index (χ2v) is 6.32. The van der Waals surface area contributed by atoms with Crippen molar-refractivity contribution in [2.24, 2.45) is 0 Å². The summed E-state index contributed by atoms with van der Waals surface area (Å²) in [6.07, 6.45) is 0. The number of hydrogen-bond acceptors (Lipinski definition) is 2. The van der Waals surface area contributed by atoms with Gasteiger partial charge in [-0.25, -0.2) is 9.18 Å². The molecule has 2 nitrogen and oxygen atoms in total. The van der Waals surface area contributed by atoms with Crippen LogP contribution in [0.25, 0.3) is 0 Å². The minimum atomic E-state index is -1.22. The Labute approximate surface area is 98.9 Å². The van der Waals surface area contributed by atoms with Gasteiger partial charge in [0.2, 0.25) is 0 Å². The molecule has 0 heterocycles. The van der Waals surface area contributed by atoms with Gasteiger partial charge in [-0.15, -0.1) is 0 Å². The second kappa shape index (κ2) is 4.87. The average molecular weight is 242 g/mol. The summed E-state index contributed by atoms with van der Waals surface area (Å²) in [6, 6.07) is 4.24. The molecule has 1 aromatic carbocycles. The lowest BCUT2D eigenvalue weighted by Crippen LogP contribution is -2.08. The van der Waals surface area contributed by atoms with Gasteiger partial charge in [-0.1, -0.05) is 26.8 Å². The number of rotatable bonds is 3. The van der Waals surface area contributed by atoms with E-state index in [-0.39, 0.29) is 10.3 Å². The number of halogens is 1. The highest BCUT2D eigenvalue weighted by molar-refractivity contribution is 7.99. The van der Waals surface area contributed by atoms with Gasteiger partial charge in [0.25, 0.3) is 0 Å². The van der Waals surface area contributed by atoms with E-state index in [0.717, 1.165) is 5.56 Å². The molecule has 0 atom stereocenters. The molecule has 0 aliphatic rings. The fraction of sp³-hybridized carbons (Fsp3) is 0.417. The van der Waals surface area contributed by atoms with Crippen LogP contribution in [0.15, 0.2) is 18.2 Å². The number of thioether (sulfide) groups is 1. The van der Waals surface area contributed by atoms with Crippen LogP contribution >= 0.6 is 11.8 Å². The first-order valence-corrected chi connectivity index (χ1v) is 5.94. The van der Waals surface area contributed by atoms with Gasteiger partial charge in [-0.2, -0.15) is 11.8 Å². The molecule has 0 aliphatic heterocycles. The Hall–Kier alpha value is -1.03. The summed E-state index contributed by atoms with van der Waals surface area (Å²) in [6.45, 7) is 6.25. The zero-order valence-corrected chi connectivity index (χ0v) is 10.4. The van der Waals surface area contributed by atoms with Gasteiger partial charge in [-0.05, 0) is 17.7 Å². The Kier molecular flexibility index (Phi) is 3.97. The number of hydrogen-bond donors (Lipinski definition) is 1. The van der Waals surface area contributed by atoms with Gasteiger partial charge in [-0.3, -0.25) is 0 Å². The van der Waals surface area contributed by atoms with Crippen LogP contribution < -0.4 is 0 Å². The fourth-order valence-electron chi connectivity index (χ4n) is 1.13. The highest BCUT2D eigenvalue weighted by atomic mass is 32.2. The normalized spacial score (nSPS) is 11.5. The Bertz CT molecular complexity index is 396. The van der Waals surface area contributed by atoms with Crippen molar-refractivity contribution < 1.29 is 14.3 Å². The molecule has 1 rings (SSSR count). The van der Waals surface area contributed by atoms with Crippen molar-refractivity contribution in [1.82, 2.24) is 0 Å². The molecular formula is C12H15FO2S. The van der Waals surface area contributed by atoms with E-state index in [9.17, 15) is 9.18 Å². The van der Waals surface area contributed by atoms with Crippen molar-refractivity contribution in [2.75, 3.05) is 0 Å². The van der Waals surface area contributed by atoms with Gasteiger partial charge >= 0.3 is 5.97 Å². The third kappa shape index (κ3) is 3.85. The molecule has 16 heavy (non-hydrogen) atoms. The third-order valence-electron chi connectivity index (χ3n) is 1.93. The molecule has 88 valence electrons. The predicted molar refractivity (Wildman–Crippen MR) is 64.4 cm³/mol. The summed E-state index contributed by atoms with van der Waals surface area (Å²) >= 11 is 1.70. The van der Waals surface area contributed by atoms with Gasteiger partial charge in [0.05, 0.1) is 5.56 Å². The lowest BCUT2D eigenvalue weighted by molar-refractivity contribution is 0.0692. The van der Waals surface area contributed by atoms with Crippen molar-refractivity contribution >= 4 is 17.7 Å². The Morgan fingerprint density at radius 3 is 2.56 bits per heavy atom. The standard InChI is InChI=1S/C12H15FO2S/c1-12(2,3)16-7-8-4-5-10(13)9(6-8)11(14)15/h4-6H,7H2,1-3H3,(H,14,15). The molecule has 0 saturated heterocycles. The van der Waals surface area contributed by atoms with Crippen LogP contribution in [0.4, 0.5) is 4.39 Å². The zero-order chi connectivity index (χ0) is 12.3. The SMILES string of the molecule is CC(C)(C)SCc1ccc(F)c(C(=O)O)c1. The van der Waals surface area contributed by atoms with Gasteiger partial charge in [0.15, 0.2) is 0 Å². The molecule has 1 N–H and O–H groups in total. The second-order valence-electron chi connectivity index (χ2n) is 4.52. The van der Waals surface area contributed by atoms with Gasteiger partial charge in [0, 0.05) is 10.5 Å². The van der Waals surface area contributed by atoms with Crippen LogP contribution in [0.5, 0.6) is 0 Å². The Morgan fingerprint density at radius 2 is 2.06 bits per heavy atom. The molecule has 0 spiro atoms. The first kappa shape index (κ1) is 13.0. The van der Waals surface area contributed by atoms with Crippen molar-refractivity contribution in [2.45, 2.75) is 31.3 Å². The van der Waals surface area contributed by atoms with Crippen LogP contribution in [0.1, 0.15) is 36.7 Å². The average Bonchev–Trinajstić information content (AvgIpc) is 2.14. The van der Waals surface area contributed by atoms with E-state index in [2.05, 4.69) is 20.8 Å². The van der Waals surface area contributed by atoms with E-state index in [1.54, 1.807) is 17.8 Å². The van der Waals surface area contributed by atoms with Crippen LogP contribution in [-0.2, 0) is 5.75 Å². The topological polar surface area (TPSA) is 37.3 Å². The van der Waals surface area contributed by atoms with E-state index >= 15 is 0 Å². The highest BCUT2D eigenvalue weighted by Gasteiger charge is 2.13. The lowest BCUT2D eigenvalue weighted by Gasteiger charge is -2.17. The molecule has 0 radical (unpaired) electrons. The van der Waals surface area contributed by atoms with E-state index in [1.807, 2.05) is 0 Å². The van der Waals surface area contributed by atoms with Crippen LogP contribution in [0.2, 0.25) is 0 Å². The summed E-state index contributed by atoms with van der Waals surface area (Å²) in [5, 5.41) is 8.77. The zero-order valence-electron chi connectivity index (χ0n) is 9.58. The maximum Gasteiger partial charge on any atom is 0.338 e. The summed E-state index contributed by atoms with van der Waals surface area (Å²) in [4.78, 5) is 10.7. The number of carboxylic acid groups (broad SMARTS) is 1. The van der Waals surface area contributed by atoms with E-state index in [0.29, 0.717) is 5.75 Å². The molecule has 0 fully saturated rings. The minimum Gasteiger partial charge on any atom is -0.478 e. The van der Waals surface area contributed by atoms with Crippen molar-refractivity contribution in [3.8, 4) is 0 Å². The predicted octanol–water partition coefficient (Wildman–Crippen LogP) is 3.56. The smallest absolute Gasteiger partial charge is 0.338 e. The van der Waals surface area contributed by atoms with Crippen LogP contribution in [-0.4, -0.2) is 15.8 Å². The van der Waals surface area contributed by atoms with Gasteiger partial charge < -0.3 is 5.11 Å². The Balaban J connectivity index is 2.83. The van der Waals surface area contributed by atoms with E-state index < -0.39 is 11.8 Å². The molecule has 0 unspecified atom stereocenters.